The van der Waals surface area contributed by atoms with Gasteiger partial charge < -0.3 is 10.2 Å². The molecule has 32 heavy (non-hydrogen) atoms. The molecule has 0 bridgehead atoms. The summed E-state index contributed by atoms with van der Waals surface area (Å²) in [6, 6.07) is 7.68. The number of benzene rings is 1. The molecule has 1 saturated heterocycles. The van der Waals surface area contributed by atoms with Crippen LogP contribution in [0.25, 0.3) is 10.3 Å². The van der Waals surface area contributed by atoms with Crippen LogP contribution in [-0.2, 0) is 11.3 Å². The number of nitrogens with one attached hydrogen (secondary N) is 1. The zero-order valence-corrected chi connectivity index (χ0v) is 20.4. The van der Waals surface area contributed by atoms with E-state index >= 15 is 0 Å². The topological polar surface area (TPSA) is 80.1 Å². The maximum absolute atomic E-state index is 13.2. The summed E-state index contributed by atoms with van der Waals surface area (Å²) >= 11 is 2.72. The van der Waals surface area contributed by atoms with E-state index in [0.717, 1.165) is 54.7 Å². The smallest absolute Gasteiger partial charge is 0.273 e. The number of carbonyl (C=O) groups excluding carboxylic acids is 1. The molecule has 1 N–H and O–H groups in total. The van der Waals surface area contributed by atoms with Crippen molar-refractivity contribution in [1.29, 1.82) is 0 Å². The summed E-state index contributed by atoms with van der Waals surface area (Å²) in [5.41, 5.74) is 2.23. The van der Waals surface area contributed by atoms with Crippen molar-refractivity contribution in [3.8, 4) is 0 Å². The van der Waals surface area contributed by atoms with Crippen LogP contribution in [0.3, 0.4) is 0 Å². The van der Waals surface area contributed by atoms with Crippen LogP contribution in [0.4, 0.5) is 10.8 Å². The van der Waals surface area contributed by atoms with E-state index in [2.05, 4.69) is 17.1 Å². The molecule has 0 atom stereocenters. The number of anilines is 2. The monoisotopic (exact) mass is 471 g/mol. The lowest BCUT2D eigenvalue weighted by atomic mass is 10.00. The Morgan fingerprint density at radius 2 is 2.00 bits per heavy atom. The van der Waals surface area contributed by atoms with E-state index in [1.165, 1.54) is 23.1 Å². The number of piperidine rings is 1. The largest absolute Gasteiger partial charge is 0.348 e. The van der Waals surface area contributed by atoms with Crippen LogP contribution in [0.2, 0.25) is 0 Å². The van der Waals surface area contributed by atoms with E-state index in [1.807, 2.05) is 38.1 Å². The van der Waals surface area contributed by atoms with Gasteiger partial charge in [0.15, 0.2) is 15.9 Å². The van der Waals surface area contributed by atoms with Crippen molar-refractivity contribution in [2.45, 2.75) is 51.7 Å². The zero-order chi connectivity index (χ0) is 22.7. The molecular weight excluding hydrogens is 442 g/mol. The first-order valence-electron chi connectivity index (χ1n) is 11.1. The lowest BCUT2D eigenvalue weighted by Crippen LogP contribution is -2.32. The Balaban J connectivity index is 1.56. The molecule has 1 aliphatic heterocycles. The van der Waals surface area contributed by atoms with Gasteiger partial charge in [-0.05, 0) is 43.7 Å². The van der Waals surface area contributed by atoms with E-state index in [1.54, 1.807) is 4.57 Å². The van der Waals surface area contributed by atoms with Gasteiger partial charge in [0.05, 0.1) is 5.75 Å². The quantitative estimate of drug-likeness (QED) is 0.403. The summed E-state index contributed by atoms with van der Waals surface area (Å²) in [6.45, 7) is 8.76. The van der Waals surface area contributed by atoms with Crippen molar-refractivity contribution in [3.63, 3.8) is 0 Å². The maximum Gasteiger partial charge on any atom is 0.273 e. The third-order valence-corrected chi connectivity index (χ3v) is 7.79. The van der Waals surface area contributed by atoms with Gasteiger partial charge in [0, 0.05) is 25.3 Å². The van der Waals surface area contributed by atoms with Gasteiger partial charge in [-0.15, -0.1) is 0 Å². The number of aromatic nitrogens is 3. The second-order valence-corrected chi connectivity index (χ2v) is 10.2. The number of thiazole rings is 1. The Morgan fingerprint density at radius 1 is 1.25 bits per heavy atom. The fourth-order valence-corrected chi connectivity index (χ4v) is 5.59. The molecule has 0 spiro atoms. The number of hydrogen-bond donors (Lipinski definition) is 1. The molecule has 0 unspecified atom stereocenters. The summed E-state index contributed by atoms with van der Waals surface area (Å²) < 4.78 is 2.29. The molecule has 7 nitrogen and oxygen atoms in total. The molecule has 4 rings (SSSR count). The van der Waals surface area contributed by atoms with Crippen molar-refractivity contribution in [1.82, 2.24) is 14.5 Å². The van der Waals surface area contributed by atoms with Crippen LogP contribution in [0.5, 0.6) is 0 Å². The Hall–Kier alpha value is -2.39. The SMILES string of the molecule is CCCn1c(SCC(=O)Nc2ccccc2C)nc2nc(N3CCC(C)CC3)sc2c1=O. The number of nitrogens with zero attached hydrogens (tertiary/aromatic N) is 4. The molecule has 3 heterocycles. The Labute approximate surface area is 196 Å². The highest BCUT2D eigenvalue weighted by Crippen LogP contribution is 2.30. The molecule has 9 heteroatoms. The highest BCUT2D eigenvalue weighted by molar-refractivity contribution is 7.99. The predicted octanol–water partition coefficient (Wildman–Crippen LogP) is 4.54. The van der Waals surface area contributed by atoms with Crippen molar-refractivity contribution >= 4 is 50.2 Å². The summed E-state index contributed by atoms with van der Waals surface area (Å²) in [5.74, 6) is 0.786. The number of thioether (sulfide) groups is 1. The summed E-state index contributed by atoms with van der Waals surface area (Å²) in [5, 5.41) is 4.36. The average molecular weight is 472 g/mol. The standard InChI is InChI=1S/C23H29N5O2S2/c1-4-11-28-21(30)19-20(25-22(32-19)27-12-9-15(2)10-13-27)26-23(28)31-14-18(29)24-17-8-6-5-7-16(17)3/h5-8,15H,4,9-14H2,1-3H3,(H,24,29). The fraction of sp³-hybridized carbons (Fsp3) is 0.478. The molecule has 1 fully saturated rings. The van der Waals surface area contributed by atoms with Gasteiger partial charge in [-0.3, -0.25) is 14.2 Å². The Kier molecular flexibility index (Phi) is 7.15. The normalized spacial score (nSPS) is 14.8. The minimum absolute atomic E-state index is 0.0622. The lowest BCUT2D eigenvalue weighted by Gasteiger charge is -2.29. The first-order valence-corrected chi connectivity index (χ1v) is 12.9. The first kappa shape index (κ1) is 22.8. The third kappa shape index (κ3) is 4.99. The molecule has 0 radical (unpaired) electrons. The molecule has 0 aliphatic carbocycles. The van der Waals surface area contributed by atoms with Crippen LogP contribution < -0.4 is 15.8 Å². The zero-order valence-electron chi connectivity index (χ0n) is 18.8. The number of amides is 1. The first-order chi connectivity index (χ1) is 15.5. The fourth-order valence-electron chi connectivity index (χ4n) is 3.77. The second-order valence-electron chi connectivity index (χ2n) is 8.32. The molecule has 1 aliphatic rings. The molecule has 170 valence electrons. The third-order valence-electron chi connectivity index (χ3n) is 5.72. The summed E-state index contributed by atoms with van der Waals surface area (Å²) in [6.07, 6.45) is 3.09. The van der Waals surface area contributed by atoms with Gasteiger partial charge in [0.25, 0.3) is 5.56 Å². The van der Waals surface area contributed by atoms with Gasteiger partial charge in [-0.1, -0.05) is 55.1 Å². The van der Waals surface area contributed by atoms with Gasteiger partial charge in [0.1, 0.15) is 4.70 Å². The minimum atomic E-state index is -0.122. The number of carbonyl (C=O) groups is 1. The Morgan fingerprint density at radius 3 is 2.72 bits per heavy atom. The summed E-state index contributed by atoms with van der Waals surface area (Å²) in [4.78, 5) is 37.4. The van der Waals surface area contributed by atoms with Crippen LogP contribution in [-0.4, -0.2) is 39.3 Å². The Bertz CT molecular complexity index is 1160. The lowest BCUT2D eigenvalue weighted by molar-refractivity contribution is -0.113. The van der Waals surface area contributed by atoms with E-state index in [0.29, 0.717) is 22.0 Å². The van der Waals surface area contributed by atoms with Crippen molar-refractivity contribution in [2.24, 2.45) is 5.92 Å². The number of hydrogen-bond acceptors (Lipinski definition) is 7. The number of fused-ring (bicyclic) bond motifs is 1. The van der Waals surface area contributed by atoms with Gasteiger partial charge in [-0.25, -0.2) is 4.98 Å². The van der Waals surface area contributed by atoms with E-state index < -0.39 is 0 Å². The van der Waals surface area contributed by atoms with Gasteiger partial charge in [-0.2, -0.15) is 4.98 Å². The minimum Gasteiger partial charge on any atom is -0.348 e. The molecule has 1 aromatic carbocycles. The van der Waals surface area contributed by atoms with E-state index in [-0.39, 0.29) is 17.2 Å². The molecule has 0 saturated carbocycles. The van der Waals surface area contributed by atoms with Crippen LogP contribution in [0.1, 0.15) is 38.7 Å². The van der Waals surface area contributed by atoms with E-state index in [4.69, 9.17) is 9.97 Å². The highest BCUT2D eigenvalue weighted by Gasteiger charge is 2.22. The van der Waals surface area contributed by atoms with Crippen molar-refractivity contribution in [2.75, 3.05) is 29.1 Å². The molecule has 3 aromatic rings. The molecule has 2 aromatic heterocycles. The van der Waals surface area contributed by atoms with Crippen LogP contribution >= 0.6 is 23.1 Å². The molecule has 1 amide bonds. The molecular formula is C23H29N5O2S2. The highest BCUT2D eigenvalue weighted by atomic mass is 32.2. The second kappa shape index (κ2) is 10.0. The number of aryl methyl sites for hydroxylation is 1. The van der Waals surface area contributed by atoms with Crippen LogP contribution in [0, 0.1) is 12.8 Å². The van der Waals surface area contributed by atoms with Gasteiger partial charge >= 0.3 is 0 Å². The van der Waals surface area contributed by atoms with E-state index in [9.17, 15) is 9.59 Å². The number of rotatable bonds is 7. The predicted molar refractivity (Wildman–Crippen MR) is 133 cm³/mol. The maximum atomic E-state index is 13.2. The van der Waals surface area contributed by atoms with Gasteiger partial charge in [0.2, 0.25) is 5.91 Å². The average Bonchev–Trinajstić information content (AvgIpc) is 3.21. The van der Waals surface area contributed by atoms with Crippen molar-refractivity contribution < 1.29 is 4.79 Å². The van der Waals surface area contributed by atoms with Crippen molar-refractivity contribution in [3.05, 3.63) is 40.2 Å². The number of para-hydroxylation sites is 1. The van der Waals surface area contributed by atoms with Crippen LogP contribution in [0.15, 0.2) is 34.2 Å². The summed E-state index contributed by atoms with van der Waals surface area (Å²) in [7, 11) is 0.